The summed E-state index contributed by atoms with van der Waals surface area (Å²) in [5.74, 6) is 1.68. The molecular weight excluding hydrogens is 495 g/mol. The molecule has 8 heteroatoms. The molecule has 1 unspecified atom stereocenters. The van der Waals surface area contributed by atoms with E-state index < -0.39 is 0 Å². The molecule has 0 aliphatic carbocycles. The average molecular weight is 526 g/mol. The van der Waals surface area contributed by atoms with E-state index in [1.807, 2.05) is 56.3 Å². The van der Waals surface area contributed by atoms with Gasteiger partial charge in [0.2, 0.25) is 5.91 Å². The van der Waals surface area contributed by atoms with E-state index in [0.29, 0.717) is 30.5 Å². The summed E-state index contributed by atoms with van der Waals surface area (Å²) in [7, 11) is 3.20. The van der Waals surface area contributed by atoms with E-state index in [2.05, 4.69) is 15.6 Å². The predicted octanol–water partition coefficient (Wildman–Crippen LogP) is 3.91. The van der Waals surface area contributed by atoms with Gasteiger partial charge in [0.05, 0.1) is 20.8 Å². The van der Waals surface area contributed by atoms with Gasteiger partial charge in [-0.2, -0.15) is 0 Å². The van der Waals surface area contributed by atoms with Crippen LogP contribution in [0.4, 0.5) is 5.69 Å². The molecule has 1 atom stereocenters. The number of carbonyl (C=O) groups is 1. The first kappa shape index (κ1) is 25.5. The van der Waals surface area contributed by atoms with Crippen molar-refractivity contribution in [3.05, 3.63) is 53.6 Å². The number of hydrogen-bond acceptors (Lipinski definition) is 4. The van der Waals surface area contributed by atoms with E-state index in [1.54, 1.807) is 14.2 Å². The Kier molecular flexibility index (Phi) is 11.0. The first-order chi connectivity index (χ1) is 14.0. The maximum absolute atomic E-state index is 12.0. The van der Waals surface area contributed by atoms with Crippen molar-refractivity contribution in [3.8, 4) is 11.5 Å². The van der Waals surface area contributed by atoms with Gasteiger partial charge in [0.1, 0.15) is 0 Å². The topological polar surface area (TPSA) is 98.0 Å². The summed E-state index contributed by atoms with van der Waals surface area (Å²) in [6.07, 6.45) is 0.804. The smallest absolute Gasteiger partial charge is 0.227 e. The monoisotopic (exact) mass is 526 g/mol. The number of methoxy groups -OCH3 is 2. The zero-order chi connectivity index (χ0) is 21.2. The third-order valence-electron chi connectivity index (χ3n) is 4.61. The minimum atomic E-state index is -0.0203. The highest BCUT2D eigenvalue weighted by atomic mass is 127. The second-order valence-corrected chi connectivity index (χ2v) is 6.74. The van der Waals surface area contributed by atoms with Gasteiger partial charge >= 0.3 is 0 Å². The molecule has 0 aromatic heterocycles. The highest BCUT2D eigenvalue weighted by Gasteiger charge is 2.10. The van der Waals surface area contributed by atoms with E-state index in [-0.39, 0.29) is 35.8 Å². The molecule has 0 saturated carbocycles. The summed E-state index contributed by atoms with van der Waals surface area (Å²) in [4.78, 5) is 16.4. The highest BCUT2D eigenvalue weighted by molar-refractivity contribution is 14.0. The van der Waals surface area contributed by atoms with Crippen LogP contribution in [0.5, 0.6) is 11.5 Å². The van der Waals surface area contributed by atoms with Crippen molar-refractivity contribution in [1.29, 1.82) is 0 Å². The largest absolute Gasteiger partial charge is 0.493 e. The number of ether oxygens (including phenoxy) is 2. The number of amides is 1. The van der Waals surface area contributed by atoms with Gasteiger partial charge in [-0.15, -0.1) is 24.0 Å². The number of anilines is 1. The van der Waals surface area contributed by atoms with Crippen molar-refractivity contribution in [2.45, 2.75) is 33.4 Å². The summed E-state index contributed by atoms with van der Waals surface area (Å²) in [5.41, 5.74) is 8.71. The Labute approximate surface area is 195 Å². The van der Waals surface area contributed by atoms with E-state index in [9.17, 15) is 4.79 Å². The standard InChI is InChI=1S/C22H30N4O3.HI/c1-5-15(2)21(27)26-18-8-6-7-16(11-18)13-24-22(23)25-14-17-9-10-19(28-3)20(12-17)29-4;/h6-12,15H,5,13-14H2,1-4H3,(H,26,27)(H3,23,24,25);1H. The number of rotatable bonds is 9. The van der Waals surface area contributed by atoms with Gasteiger partial charge in [-0.3, -0.25) is 4.79 Å². The molecule has 2 aromatic rings. The van der Waals surface area contributed by atoms with Gasteiger partial charge in [0.15, 0.2) is 17.5 Å². The van der Waals surface area contributed by atoms with Gasteiger partial charge < -0.3 is 25.8 Å². The lowest BCUT2D eigenvalue weighted by Crippen LogP contribution is -2.31. The first-order valence-electron chi connectivity index (χ1n) is 9.61. The van der Waals surface area contributed by atoms with Crippen LogP contribution >= 0.6 is 24.0 Å². The lowest BCUT2D eigenvalue weighted by atomic mass is 10.1. The molecule has 7 nitrogen and oxygen atoms in total. The van der Waals surface area contributed by atoms with Crippen LogP contribution in [-0.2, 0) is 17.9 Å². The fourth-order valence-electron chi connectivity index (χ4n) is 2.61. The normalized spacial score (nSPS) is 11.8. The Hall–Kier alpha value is -2.49. The molecule has 0 aliphatic rings. The summed E-state index contributed by atoms with van der Waals surface area (Å²) in [6.45, 7) is 4.83. The molecule has 164 valence electrons. The second-order valence-electron chi connectivity index (χ2n) is 6.74. The van der Waals surface area contributed by atoms with E-state index in [4.69, 9.17) is 15.2 Å². The number of nitrogens with two attached hydrogens (primary N) is 1. The number of halogens is 1. The molecule has 4 N–H and O–H groups in total. The third-order valence-corrected chi connectivity index (χ3v) is 4.61. The van der Waals surface area contributed by atoms with Crippen molar-refractivity contribution in [1.82, 2.24) is 5.32 Å². The molecule has 2 rings (SSSR count). The van der Waals surface area contributed by atoms with Gasteiger partial charge in [-0.05, 0) is 41.8 Å². The zero-order valence-corrected chi connectivity index (χ0v) is 20.2. The molecular formula is C22H31IN4O3. The molecule has 0 bridgehead atoms. The van der Waals surface area contributed by atoms with Crippen molar-refractivity contribution in [3.63, 3.8) is 0 Å². The molecule has 0 aliphatic heterocycles. The molecule has 0 heterocycles. The predicted molar refractivity (Wildman–Crippen MR) is 132 cm³/mol. The molecule has 30 heavy (non-hydrogen) atoms. The molecule has 0 fully saturated rings. The van der Waals surface area contributed by atoms with Crippen LogP contribution in [0, 0.1) is 5.92 Å². The van der Waals surface area contributed by atoms with Crippen molar-refractivity contribution < 1.29 is 14.3 Å². The van der Waals surface area contributed by atoms with Crippen LogP contribution in [-0.4, -0.2) is 26.1 Å². The highest BCUT2D eigenvalue weighted by Crippen LogP contribution is 2.27. The number of nitrogens with one attached hydrogen (secondary N) is 2. The molecule has 1 amide bonds. The maximum Gasteiger partial charge on any atom is 0.227 e. The van der Waals surface area contributed by atoms with Crippen LogP contribution in [0.25, 0.3) is 0 Å². The Bertz CT molecular complexity index is 858. The third kappa shape index (κ3) is 7.74. The number of guanidine groups is 1. The SMILES string of the molecule is CCC(C)C(=O)Nc1cccc(CN=C(N)NCc2ccc(OC)c(OC)c2)c1.I. The summed E-state index contributed by atoms with van der Waals surface area (Å²) < 4.78 is 10.5. The fourth-order valence-corrected chi connectivity index (χ4v) is 2.61. The minimum Gasteiger partial charge on any atom is -0.493 e. The number of nitrogens with zero attached hydrogens (tertiary/aromatic N) is 1. The van der Waals surface area contributed by atoms with Gasteiger partial charge in [0.25, 0.3) is 0 Å². The lowest BCUT2D eigenvalue weighted by molar-refractivity contribution is -0.119. The van der Waals surface area contributed by atoms with Gasteiger partial charge in [-0.25, -0.2) is 4.99 Å². The molecule has 0 radical (unpaired) electrons. The number of aliphatic imine (C=N–C) groups is 1. The number of carbonyl (C=O) groups excluding carboxylic acids is 1. The van der Waals surface area contributed by atoms with Crippen LogP contribution in [0.3, 0.4) is 0 Å². The first-order valence-corrected chi connectivity index (χ1v) is 9.61. The fraction of sp³-hybridized carbons (Fsp3) is 0.364. The quantitative estimate of drug-likeness (QED) is 0.262. The molecule has 0 saturated heterocycles. The van der Waals surface area contributed by atoms with Crippen molar-refractivity contribution in [2.75, 3.05) is 19.5 Å². The Balaban J connectivity index is 0.00000450. The van der Waals surface area contributed by atoms with Gasteiger partial charge in [0, 0.05) is 18.2 Å². The Morgan fingerprint density at radius 3 is 2.50 bits per heavy atom. The average Bonchev–Trinajstić information content (AvgIpc) is 2.75. The molecule has 2 aromatic carbocycles. The lowest BCUT2D eigenvalue weighted by Gasteiger charge is -2.11. The van der Waals surface area contributed by atoms with Crippen molar-refractivity contribution in [2.24, 2.45) is 16.6 Å². The summed E-state index contributed by atoms with van der Waals surface area (Å²) in [5, 5.41) is 6.02. The zero-order valence-electron chi connectivity index (χ0n) is 17.9. The Morgan fingerprint density at radius 2 is 1.83 bits per heavy atom. The van der Waals surface area contributed by atoms with Crippen LogP contribution in [0.1, 0.15) is 31.4 Å². The van der Waals surface area contributed by atoms with Gasteiger partial charge in [-0.1, -0.05) is 32.0 Å². The summed E-state index contributed by atoms with van der Waals surface area (Å²) in [6, 6.07) is 13.3. The Morgan fingerprint density at radius 1 is 1.10 bits per heavy atom. The van der Waals surface area contributed by atoms with E-state index in [1.165, 1.54) is 0 Å². The van der Waals surface area contributed by atoms with Crippen LogP contribution in [0.15, 0.2) is 47.5 Å². The number of hydrogen-bond donors (Lipinski definition) is 3. The second kappa shape index (κ2) is 12.9. The minimum absolute atomic E-state index is 0. The van der Waals surface area contributed by atoms with Crippen molar-refractivity contribution >= 4 is 41.5 Å². The molecule has 0 spiro atoms. The number of benzene rings is 2. The van der Waals surface area contributed by atoms with E-state index >= 15 is 0 Å². The maximum atomic E-state index is 12.0. The summed E-state index contributed by atoms with van der Waals surface area (Å²) >= 11 is 0. The van der Waals surface area contributed by atoms with E-state index in [0.717, 1.165) is 23.2 Å². The van der Waals surface area contributed by atoms with Crippen LogP contribution in [0.2, 0.25) is 0 Å². The van der Waals surface area contributed by atoms with Crippen LogP contribution < -0.4 is 25.8 Å².